The number of piperidine rings is 1. The molecule has 5 aliphatic rings. The fraction of sp³-hybridized carbons (Fsp3) is 0.875. The van der Waals surface area contributed by atoms with Crippen molar-refractivity contribution in [2.75, 3.05) is 31.9 Å². The third-order valence-electron chi connectivity index (χ3n) is 13.1. The van der Waals surface area contributed by atoms with Gasteiger partial charge in [0.05, 0.1) is 22.1 Å². The zero-order valence-electron chi connectivity index (χ0n) is 34.1. The van der Waals surface area contributed by atoms with E-state index in [1.165, 1.54) is 0 Å². The largest absolute Gasteiger partial charge is 0.347 e. The maximum absolute atomic E-state index is 14.6. The Bertz CT molecular complexity index is 1540. The smallest absolute Gasteiger partial charge is 0.315 e. The van der Waals surface area contributed by atoms with Gasteiger partial charge >= 0.3 is 6.03 Å². The molecule has 2 aliphatic heterocycles. The van der Waals surface area contributed by atoms with Crippen molar-refractivity contribution in [3.05, 3.63) is 0 Å². The highest BCUT2D eigenvalue weighted by molar-refractivity contribution is 7.92. The number of likely N-dealkylation sites (tertiary alicyclic amines) is 2. The van der Waals surface area contributed by atoms with E-state index in [2.05, 4.69) is 40.0 Å². The number of nitrogens with zero attached hydrogens (tertiary/aromatic N) is 2. The SMILES string of the molecule is CCCC[C@H](NC(=O)[C@@H]1[C@@H]2[C@H](CN1C(=O)[C@@H](NC(=O)NC1(CS(=O)(=O)C(C)(C)CN3CCCC3)CCCCC1)C(C)(C)C)C2(C)C)C(=O)C(=O)NC1CC1. The minimum atomic E-state index is -3.65. The molecule has 2 saturated heterocycles. The molecule has 3 saturated carbocycles. The van der Waals surface area contributed by atoms with Crippen LogP contribution in [0.5, 0.6) is 0 Å². The van der Waals surface area contributed by atoms with Crippen molar-refractivity contribution >= 4 is 39.4 Å². The van der Waals surface area contributed by atoms with E-state index in [0.29, 0.717) is 38.8 Å². The van der Waals surface area contributed by atoms with Crippen molar-refractivity contribution in [1.82, 2.24) is 31.1 Å². The minimum absolute atomic E-state index is 0.00277. The first-order valence-electron chi connectivity index (χ1n) is 20.6. The average Bonchev–Trinajstić information content (AvgIpc) is 3.79. The van der Waals surface area contributed by atoms with Crippen LogP contribution < -0.4 is 21.3 Å². The summed E-state index contributed by atoms with van der Waals surface area (Å²) in [5.74, 6) is -2.48. The summed E-state index contributed by atoms with van der Waals surface area (Å²) in [4.78, 5) is 72.6. The highest BCUT2D eigenvalue weighted by Crippen LogP contribution is 2.65. The lowest BCUT2D eigenvalue weighted by Gasteiger charge is -2.42. The number of sulfone groups is 1. The first-order valence-corrected chi connectivity index (χ1v) is 22.3. The van der Waals surface area contributed by atoms with Gasteiger partial charge < -0.3 is 31.1 Å². The second-order valence-electron chi connectivity index (χ2n) is 19.4. The summed E-state index contributed by atoms with van der Waals surface area (Å²) in [6, 6.07) is -3.50. The lowest BCUT2D eigenvalue weighted by Crippen LogP contribution is -2.64. The number of Topliss-reactive ketones (excluding diaryl/α,β-unsaturated/α-hetero) is 1. The Morgan fingerprint density at radius 1 is 0.889 bits per heavy atom. The molecule has 54 heavy (non-hydrogen) atoms. The first kappa shape index (κ1) is 42.4. The summed E-state index contributed by atoms with van der Waals surface area (Å²) in [5, 5.41) is 11.6. The molecule has 0 aromatic carbocycles. The molecular formula is C40H68N6O7S. The van der Waals surface area contributed by atoms with Crippen LogP contribution >= 0.6 is 0 Å². The van der Waals surface area contributed by atoms with Gasteiger partial charge in [-0.1, -0.05) is 73.6 Å². The van der Waals surface area contributed by atoms with Crippen LogP contribution in [0.2, 0.25) is 0 Å². The van der Waals surface area contributed by atoms with Gasteiger partial charge in [-0.25, -0.2) is 13.2 Å². The summed E-state index contributed by atoms with van der Waals surface area (Å²) < 4.78 is 27.1. The predicted molar refractivity (Wildman–Crippen MR) is 208 cm³/mol. The van der Waals surface area contributed by atoms with E-state index in [-0.39, 0.29) is 29.0 Å². The van der Waals surface area contributed by atoms with Gasteiger partial charge in [0.1, 0.15) is 12.1 Å². The number of nitrogens with one attached hydrogen (secondary N) is 4. The van der Waals surface area contributed by atoms with Crippen LogP contribution in [-0.4, -0.2) is 114 Å². The number of rotatable bonds is 16. The van der Waals surface area contributed by atoms with Crippen LogP contribution in [0.25, 0.3) is 0 Å². The van der Waals surface area contributed by atoms with Crippen molar-refractivity contribution in [3.8, 4) is 0 Å². The number of ketones is 1. The van der Waals surface area contributed by atoms with E-state index in [4.69, 9.17) is 0 Å². The summed E-state index contributed by atoms with van der Waals surface area (Å²) in [6.07, 6.45) is 9.12. The van der Waals surface area contributed by atoms with Crippen LogP contribution in [0.1, 0.15) is 132 Å². The normalized spacial score (nSPS) is 26.3. The summed E-state index contributed by atoms with van der Waals surface area (Å²) in [7, 11) is -3.65. The van der Waals surface area contributed by atoms with E-state index in [1.807, 2.05) is 27.7 Å². The van der Waals surface area contributed by atoms with Crippen LogP contribution in [0.4, 0.5) is 4.79 Å². The standard InChI is InChI=1S/C40H68N6O7S/c1-9-10-16-28(31(47)34(49)41-26-17-18-26)42-33(48)30-29-27(39(29,7)8)23-46(30)35(50)32(37(2,3)4)43-36(51)44-40(19-12-11-13-20-40)25-54(52,53)38(5,6)24-45-21-14-15-22-45/h26-30,32H,9-25H2,1-8H3,(H,41,49)(H,42,48)(H2,43,44,51)/t27-,28-,29-,30-,32+/m0/s1. The monoisotopic (exact) mass is 776 g/mol. The molecule has 0 spiro atoms. The van der Waals surface area contributed by atoms with E-state index in [9.17, 15) is 32.4 Å². The highest BCUT2D eigenvalue weighted by Gasteiger charge is 2.70. The van der Waals surface area contributed by atoms with Crippen molar-refractivity contribution in [3.63, 3.8) is 0 Å². The number of carbonyl (C=O) groups excluding carboxylic acids is 5. The molecule has 5 fully saturated rings. The maximum Gasteiger partial charge on any atom is 0.315 e. The molecule has 4 N–H and O–H groups in total. The molecule has 5 amide bonds. The number of unbranched alkanes of at least 4 members (excludes halogenated alkanes) is 1. The lowest BCUT2D eigenvalue weighted by molar-refractivity contribution is -0.145. The van der Waals surface area contributed by atoms with Gasteiger partial charge in [-0.15, -0.1) is 0 Å². The zero-order valence-corrected chi connectivity index (χ0v) is 35.0. The van der Waals surface area contributed by atoms with Gasteiger partial charge in [0.2, 0.25) is 17.6 Å². The van der Waals surface area contributed by atoms with E-state index < -0.39 is 73.2 Å². The van der Waals surface area contributed by atoms with E-state index in [0.717, 1.165) is 64.5 Å². The van der Waals surface area contributed by atoms with Gasteiger partial charge in [-0.2, -0.15) is 0 Å². The number of hydrogen-bond donors (Lipinski definition) is 4. The molecule has 3 aliphatic carbocycles. The molecule has 0 unspecified atom stereocenters. The third kappa shape index (κ3) is 9.44. The second-order valence-corrected chi connectivity index (χ2v) is 22.1. The first-order chi connectivity index (χ1) is 25.1. The van der Waals surface area contributed by atoms with Gasteiger partial charge in [0, 0.05) is 19.1 Å². The average molecular weight is 777 g/mol. The van der Waals surface area contributed by atoms with Crippen molar-refractivity contribution < 1.29 is 32.4 Å². The van der Waals surface area contributed by atoms with Gasteiger partial charge in [-0.3, -0.25) is 19.2 Å². The van der Waals surface area contributed by atoms with E-state index >= 15 is 0 Å². The Balaban J connectivity index is 1.32. The lowest BCUT2D eigenvalue weighted by atomic mass is 9.83. The molecule has 0 aromatic heterocycles. The van der Waals surface area contributed by atoms with Crippen LogP contribution in [0, 0.1) is 22.7 Å². The second kappa shape index (κ2) is 16.0. The molecule has 5 rings (SSSR count). The van der Waals surface area contributed by atoms with Crippen molar-refractivity contribution in [1.29, 1.82) is 0 Å². The molecule has 0 aromatic rings. The number of carbonyl (C=O) groups is 5. The van der Waals surface area contributed by atoms with Crippen molar-refractivity contribution in [2.24, 2.45) is 22.7 Å². The molecule has 5 atom stereocenters. The Labute approximate surface area is 323 Å². The Morgan fingerprint density at radius 2 is 1.52 bits per heavy atom. The molecule has 306 valence electrons. The number of fused-ring (bicyclic) bond motifs is 1. The fourth-order valence-corrected chi connectivity index (χ4v) is 11.1. The molecule has 13 nitrogen and oxygen atoms in total. The Morgan fingerprint density at radius 3 is 2.09 bits per heavy atom. The number of amides is 5. The minimum Gasteiger partial charge on any atom is -0.347 e. The third-order valence-corrected chi connectivity index (χ3v) is 15.8. The fourth-order valence-electron chi connectivity index (χ4n) is 9.28. The summed E-state index contributed by atoms with van der Waals surface area (Å²) in [5.41, 5.74) is -1.93. The van der Waals surface area contributed by atoms with Crippen LogP contribution in [0.15, 0.2) is 0 Å². The Kier molecular flexibility index (Phi) is 12.6. The van der Waals surface area contributed by atoms with E-state index in [1.54, 1.807) is 18.7 Å². The molecule has 0 radical (unpaired) electrons. The Hall–Kier alpha value is -2.74. The summed E-state index contributed by atoms with van der Waals surface area (Å²) >= 11 is 0. The zero-order chi connectivity index (χ0) is 39.9. The number of urea groups is 1. The number of hydrogen-bond acceptors (Lipinski definition) is 8. The molecular weight excluding hydrogens is 709 g/mol. The van der Waals surface area contributed by atoms with Crippen LogP contribution in [-0.2, 0) is 29.0 Å². The topological polar surface area (TPSA) is 174 Å². The molecule has 2 heterocycles. The predicted octanol–water partition coefficient (Wildman–Crippen LogP) is 3.70. The van der Waals surface area contributed by atoms with Gasteiger partial charge in [0.25, 0.3) is 5.91 Å². The van der Waals surface area contributed by atoms with Crippen molar-refractivity contribution in [2.45, 2.75) is 167 Å². The quantitative estimate of drug-likeness (QED) is 0.172. The van der Waals surface area contributed by atoms with Gasteiger partial charge in [0.15, 0.2) is 9.84 Å². The maximum atomic E-state index is 14.6. The molecule has 14 heteroatoms. The van der Waals surface area contributed by atoms with Crippen LogP contribution in [0.3, 0.4) is 0 Å². The molecule has 0 bridgehead atoms. The highest BCUT2D eigenvalue weighted by atomic mass is 32.2. The van der Waals surface area contributed by atoms with Gasteiger partial charge in [-0.05, 0) is 94.5 Å². The summed E-state index contributed by atoms with van der Waals surface area (Å²) in [6.45, 7) is 17.8.